The van der Waals surface area contributed by atoms with Gasteiger partial charge in [-0.3, -0.25) is 9.36 Å². The van der Waals surface area contributed by atoms with Gasteiger partial charge in [0.15, 0.2) is 0 Å². The van der Waals surface area contributed by atoms with Crippen molar-refractivity contribution in [1.29, 1.82) is 0 Å². The van der Waals surface area contributed by atoms with Crippen molar-refractivity contribution in [2.75, 3.05) is 40.9 Å². The molecule has 0 radical (unpaired) electrons. The lowest BCUT2D eigenvalue weighted by Crippen LogP contribution is -2.45. The number of aliphatic hydroxyl groups excluding tert-OH is 1. The van der Waals surface area contributed by atoms with Crippen molar-refractivity contribution in [2.24, 2.45) is 0 Å². The van der Waals surface area contributed by atoms with E-state index in [1.165, 1.54) is 44.9 Å². The Morgan fingerprint density at radius 3 is 1.20 bits per heavy atom. The van der Waals surface area contributed by atoms with Crippen LogP contribution in [0, 0.1) is 0 Å². The van der Waals surface area contributed by atoms with Crippen LogP contribution in [0.1, 0.15) is 194 Å². The molecule has 0 saturated carbocycles. The maximum atomic E-state index is 12.9. The molecule has 74 heavy (non-hydrogen) atoms. The Labute approximate surface area is 454 Å². The summed E-state index contributed by atoms with van der Waals surface area (Å²) in [7, 11) is 1.22. The first-order valence-electron chi connectivity index (χ1n) is 28.8. The molecule has 0 saturated heterocycles. The summed E-state index contributed by atoms with van der Waals surface area (Å²) >= 11 is 0. The molecule has 1 amide bonds. The Balaban J connectivity index is 4.17. The van der Waals surface area contributed by atoms with Crippen LogP contribution in [0.4, 0.5) is 0 Å². The third kappa shape index (κ3) is 55.9. The monoisotopic (exact) mass is 1040 g/mol. The Kier molecular flexibility index (Phi) is 51.1. The molecule has 0 heterocycles. The van der Waals surface area contributed by atoms with Crippen molar-refractivity contribution >= 4 is 13.7 Å². The van der Waals surface area contributed by atoms with Gasteiger partial charge >= 0.3 is 0 Å². The summed E-state index contributed by atoms with van der Waals surface area (Å²) in [6.07, 6.45) is 84.7. The number of hydrogen-bond donors (Lipinski definition) is 2. The van der Waals surface area contributed by atoms with E-state index in [1.807, 2.05) is 27.2 Å². The van der Waals surface area contributed by atoms with Gasteiger partial charge in [-0.15, -0.1) is 0 Å². The van der Waals surface area contributed by atoms with Crippen LogP contribution in [0.15, 0.2) is 158 Å². The number of quaternary nitrogens is 1. The number of hydrogen-bond acceptors (Lipinski definition) is 6. The number of allylic oxidation sites excluding steroid dienone is 25. The van der Waals surface area contributed by atoms with Crippen LogP contribution < -0.4 is 10.2 Å². The second kappa shape index (κ2) is 53.9. The number of nitrogens with one attached hydrogen (secondary N) is 1. The minimum Gasteiger partial charge on any atom is -0.756 e. The zero-order chi connectivity index (χ0) is 54.2. The number of carbonyl (C=O) groups is 1. The normalized spacial score (nSPS) is 15.1. The first kappa shape index (κ1) is 70.1. The molecule has 0 rings (SSSR count). The molecule has 418 valence electrons. The predicted molar refractivity (Wildman–Crippen MR) is 320 cm³/mol. The molecule has 0 aromatic rings. The lowest BCUT2D eigenvalue weighted by Gasteiger charge is -2.29. The first-order valence-corrected chi connectivity index (χ1v) is 30.3. The molecule has 0 fully saturated rings. The molecule has 0 bridgehead atoms. The van der Waals surface area contributed by atoms with Crippen LogP contribution in [-0.4, -0.2) is 68.5 Å². The van der Waals surface area contributed by atoms with Crippen LogP contribution in [0.2, 0.25) is 0 Å². The number of rotatable bonds is 50. The van der Waals surface area contributed by atoms with Crippen LogP contribution in [0.25, 0.3) is 0 Å². The number of aliphatic hydroxyl groups is 1. The molecule has 2 N–H and O–H groups in total. The number of likely N-dealkylation sites (N-methyl/N-ethyl adjacent to an activating group) is 1. The van der Waals surface area contributed by atoms with E-state index in [9.17, 15) is 19.4 Å². The van der Waals surface area contributed by atoms with Crippen molar-refractivity contribution in [3.8, 4) is 0 Å². The Hall–Kier alpha value is -3.88. The van der Waals surface area contributed by atoms with Crippen LogP contribution >= 0.6 is 7.82 Å². The number of amides is 1. The zero-order valence-electron chi connectivity index (χ0n) is 47.5. The van der Waals surface area contributed by atoms with Crippen molar-refractivity contribution in [3.63, 3.8) is 0 Å². The lowest BCUT2D eigenvalue weighted by atomic mass is 10.1. The molecule has 0 spiro atoms. The number of unbranched alkanes of at least 4 members (excludes halogenated alkanes) is 13. The summed E-state index contributed by atoms with van der Waals surface area (Å²) in [5.41, 5.74) is 0. The standard InChI is InChI=1S/C65H107N2O6P/c1-6-8-10-12-14-16-18-19-20-21-22-23-24-25-26-27-28-29-30-31-32-33-34-35-36-37-38-39-40-41-42-43-44-45-46-47-49-51-53-55-57-59-65(69)66-63(62-73-74(70,71)72-61-60-67(3,4)5)64(68)58-56-54-52-50-48-17-15-13-11-9-7-2/h8,10,14,16,19-20,22-23,25-26,28-29,31-32,34-35,37-38,40-41,43-44,46-47,56,58,63-64,68H,6-7,9,11-13,15,17-18,21,24,27,30,33,36,39,42,45,48-55,57,59-62H2,1-5H3,(H-,66,69,70,71)/b10-8-,16-14-,20-19-,23-22-,26-25-,29-28-,32-31-,35-34-,38-37-,41-40-,44-43-,47-46-,58-56+. The van der Waals surface area contributed by atoms with E-state index in [2.05, 4.69) is 165 Å². The fourth-order valence-corrected chi connectivity index (χ4v) is 7.97. The van der Waals surface area contributed by atoms with Crippen molar-refractivity contribution in [2.45, 2.75) is 206 Å². The number of nitrogens with zero attached hydrogens (tertiary/aromatic N) is 1. The quantitative estimate of drug-likeness (QED) is 0.0272. The Morgan fingerprint density at radius 2 is 0.824 bits per heavy atom. The summed E-state index contributed by atoms with van der Waals surface area (Å²) < 4.78 is 23.2. The third-order valence-electron chi connectivity index (χ3n) is 11.7. The van der Waals surface area contributed by atoms with Gasteiger partial charge in [0, 0.05) is 6.42 Å². The highest BCUT2D eigenvalue weighted by Gasteiger charge is 2.23. The Morgan fingerprint density at radius 1 is 0.486 bits per heavy atom. The van der Waals surface area contributed by atoms with Gasteiger partial charge in [0.2, 0.25) is 5.91 Å². The predicted octanol–water partition coefficient (Wildman–Crippen LogP) is 17.2. The highest BCUT2D eigenvalue weighted by Crippen LogP contribution is 2.38. The summed E-state index contributed by atoms with van der Waals surface area (Å²) in [6.45, 7) is 4.46. The lowest BCUT2D eigenvalue weighted by molar-refractivity contribution is -0.870. The molecule has 0 aliphatic rings. The van der Waals surface area contributed by atoms with Gasteiger partial charge < -0.3 is 28.8 Å². The number of phosphoric ester groups is 1. The van der Waals surface area contributed by atoms with Crippen molar-refractivity contribution in [1.82, 2.24) is 5.32 Å². The van der Waals surface area contributed by atoms with Crippen molar-refractivity contribution < 1.29 is 32.9 Å². The Bertz CT molecular complexity index is 1750. The zero-order valence-corrected chi connectivity index (χ0v) is 48.4. The van der Waals surface area contributed by atoms with E-state index in [-0.39, 0.29) is 12.5 Å². The van der Waals surface area contributed by atoms with Crippen LogP contribution in [0.5, 0.6) is 0 Å². The second-order valence-electron chi connectivity index (χ2n) is 19.9. The van der Waals surface area contributed by atoms with Crippen molar-refractivity contribution in [3.05, 3.63) is 158 Å². The molecule has 0 aromatic carbocycles. The summed E-state index contributed by atoms with van der Waals surface area (Å²) in [5, 5.41) is 13.8. The highest BCUT2D eigenvalue weighted by molar-refractivity contribution is 7.45. The number of phosphoric acid groups is 1. The van der Waals surface area contributed by atoms with E-state index < -0.39 is 26.6 Å². The van der Waals surface area contributed by atoms with Gasteiger partial charge in [-0.25, -0.2) is 0 Å². The summed E-state index contributed by atoms with van der Waals surface area (Å²) in [4.78, 5) is 25.4. The minimum atomic E-state index is -4.61. The first-order chi connectivity index (χ1) is 36.0. The molecule has 0 aliphatic heterocycles. The van der Waals surface area contributed by atoms with E-state index in [4.69, 9.17) is 9.05 Å². The van der Waals surface area contributed by atoms with E-state index in [1.54, 1.807) is 6.08 Å². The van der Waals surface area contributed by atoms with Gasteiger partial charge in [-0.05, 0) is 109 Å². The molecule has 0 aliphatic carbocycles. The van der Waals surface area contributed by atoms with Gasteiger partial charge in [-0.2, -0.15) is 0 Å². The smallest absolute Gasteiger partial charge is 0.268 e. The third-order valence-corrected chi connectivity index (χ3v) is 12.7. The van der Waals surface area contributed by atoms with E-state index >= 15 is 0 Å². The average molecular weight is 1040 g/mol. The van der Waals surface area contributed by atoms with Crippen LogP contribution in [-0.2, 0) is 18.4 Å². The van der Waals surface area contributed by atoms with Gasteiger partial charge in [0.1, 0.15) is 13.2 Å². The largest absolute Gasteiger partial charge is 0.756 e. The van der Waals surface area contributed by atoms with Crippen LogP contribution in [0.3, 0.4) is 0 Å². The van der Waals surface area contributed by atoms with Gasteiger partial charge in [0.05, 0.1) is 39.9 Å². The summed E-state index contributed by atoms with van der Waals surface area (Å²) in [5.74, 6) is -0.231. The summed E-state index contributed by atoms with van der Waals surface area (Å²) in [6, 6.07) is -0.910. The van der Waals surface area contributed by atoms with Gasteiger partial charge in [0.25, 0.3) is 7.82 Å². The molecule has 3 unspecified atom stereocenters. The van der Waals surface area contributed by atoms with E-state index in [0.717, 1.165) is 128 Å². The van der Waals surface area contributed by atoms with Gasteiger partial charge in [-0.1, -0.05) is 236 Å². The molecular weight excluding hydrogens is 936 g/mol. The maximum absolute atomic E-state index is 12.9. The number of carbonyl (C=O) groups excluding carboxylic acids is 1. The second-order valence-corrected chi connectivity index (χ2v) is 21.3. The highest BCUT2D eigenvalue weighted by atomic mass is 31.2. The molecular formula is C65H107N2O6P. The molecule has 8 nitrogen and oxygen atoms in total. The minimum absolute atomic E-state index is 0.0148. The topological polar surface area (TPSA) is 108 Å². The molecule has 9 heteroatoms. The SMILES string of the molecule is CC/C=C\C/C=C\C/C=C\C/C=C\C/C=C\C/C=C\C/C=C\C/C=C\C/C=C\C/C=C\C/C=C\C/C=C\CCCCCCC(=O)NC(COP(=O)([O-])OCC[N+](C)(C)C)C(O)/C=C/CCCCCCCCCCC. The maximum Gasteiger partial charge on any atom is 0.268 e. The average Bonchev–Trinajstić information content (AvgIpc) is 3.36. The molecule has 3 atom stereocenters. The molecule has 0 aromatic heterocycles. The fourth-order valence-electron chi connectivity index (χ4n) is 7.25. The fraction of sp³-hybridized carbons (Fsp3) is 0.585. The van der Waals surface area contributed by atoms with E-state index in [0.29, 0.717) is 17.4 Å².